The molecule has 11 nitrogen and oxygen atoms in total. The van der Waals surface area contributed by atoms with Crippen molar-refractivity contribution in [3.05, 3.63) is 58.8 Å². The molecule has 2 aliphatic rings. The third-order valence-electron chi connectivity index (χ3n) is 7.51. The maximum Gasteiger partial charge on any atom is 0.412 e. The smallest absolute Gasteiger partial charge is 0.412 e. The molecule has 41 heavy (non-hydrogen) atoms. The van der Waals surface area contributed by atoms with E-state index in [4.69, 9.17) is 14.2 Å². The lowest BCUT2D eigenvalue weighted by Crippen LogP contribution is -2.53. The molecule has 4 aromatic rings. The number of ether oxygens (including phenoxy) is 3. The van der Waals surface area contributed by atoms with E-state index in [1.165, 1.54) is 10.9 Å². The number of hydrogen-bond donors (Lipinski definition) is 1. The molecule has 0 aliphatic carbocycles. The van der Waals surface area contributed by atoms with Gasteiger partial charge in [-0.1, -0.05) is 12.1 Å². The van der Waals surface area contributed by atoms with Gasteiger partial charge < -0.3 is 19.5 Å². The first-order valence-corrected chi connectivity index (χ1v) is 14.2. The Balaban J connectivity index is 1.35. The number of fused-ring (bicyclic) bond motifs is 2. The Labute approximate surface area is 238 Å². The van der Waals surface area contributed by atoms with Crippen molar-refractivity contribution in [2.45, 2.75) is 65.0 Å². The summed E-state index contributed by atoms with van der Waals surface area (Å²) in [5, 5.41) is 9.18. The van der Waals surface area contributed by atoms with E-state index in [9.17, 15) is 9.59 Å². The number of carbonyl (C=O) groups excluding carboxylic acids is 1. The van der Waals surface area contributed by atoms with Gasteiger partial charge in [-0.05, 0) is 70.7 Å². The van der Waals surface area contributed by atoms with Crippen LogP contribution < -0.4 is 15.6 Å². The number of benzene rings is 2. The highest BCUT2D eigenvalue weighted by Crippen LogP contribution is 2.37. The van der Waals surface area contributed by atoms with Crippen molar-refractivity contribution in [2.24, 2.45) is 0 Å². The molecule has 2 aliphatic heterocycles. The van der Waals surface area contributed by atoms with Gasteiger partial charge in [-0.2, -0.15) is 5.10 Å². The molecule has 0 bridgehead atoms. The van der Waals surface area contributed by atoms with Crippen molar-refractivity contribution in [1.29, 1.82) is 0 Å². The summed E-state index contributed by atoms with van der Waals surface area (Å²) in [6.45, 7) is 9.61. The molecule has 2 aromatic carbocycles. The van der Waals surface area contributed by atoms with Crippen LogP contribution in [0.2, 0.25) is 0 Å². The van der Waals surface area contributed by atoms with E-state index in [2.05, 4.69) is 15.4 Å². The van der Waals surface area contributed by atoms with Crippen LogP contribution in [0.1, 0.15) is 58.0 Å². The molecule has 2 unspecified atom stereocenters. The van der Waals surface area contributed by atoms with Crippen LogP contribution in [0.15, 0.2) is 47.7 Å². The Morgan fingerprint density at radius 3 is 2.78 bits per heavy atom. The van der Waals surface area contributed by atoms with Gasteiger partial charge in [0.2, 0.25) is 0 Å². The van der Waals surface area contributed by atoms with E-state index in [1.807, 2.05) is 50.7 Å². The van der Waals surface area contributed by atoms with Crippen LogP contribution in [0.4, 0.5) is 4.79 Å². The molecule has 0 spiro atoms. The third-order valence-corrected chi connectivity index (χ3v) is 7.51. The fourth-order valence-corrected chi connectivity index (χ4v) is 5.50. The first kappa shape index (κ1) is 27.2. The third kappa shape index (κ3) is 5.27. The first-order valence-electron chi connectivity index (χ1n) is 14.2. The van der Waals surface area contributed by atoms with Gasteiger partial charge in [-0.25, -0.2) is 14.5 Å². The highest BCUT2D eigenvalue weighted by molar-refractivity contribution is 5.89. The van der Waals surface area contributed by atoms with Crippen LogP contribution in [-0.4, -0.2) is 62.2 Å². The van der Waals surface area contributed by atoms with Gasteiger partial charge in [0.05, 0.1) is 22.5 Å². The lowest BCUT2D eigenvalue weighted by molar-refractivity contribution is -0.0366. The fraction of sp³-hybridized carbons (Fsp3) is 0.467. The minimum Gasteiger partial charge on any atom is -0.454 e. The molecule has 4 heterocycles. The van der Waals surface area contributed by atoms with Crippen molar-refractivity contribution in [3.8, 4) is 11.5 Å². The number of nitrogens with zero attached hydrogens (tertiary/aromatic N) is 5. The topological polar surface area (TPSA) is 113 Å². The second kappa shape index (κ2) is 10.8. The van der Waals surface area contributed by atoms with Gasteiger partial charge in [-0.3, -0.25) is 14.3 Å². The summed E-state index contributed by atoms with van der Waals surface area (Å²) >= 11 is 0. The zero-order chi connectivity index (χ0) is 28.7. The maximum absolute atomic E-state index is 13.8. The van der Waals surface area contributed by atoms with Gasteiger partial charge in [0, 0.05) is 26.2 Å². The fourth-order valence-electron chi connectivity index (χ4n) is 5.50. The van der Waals surface area contributed by atoms with Crippen molar-refractivity contribution in [1.82, 2.24) is 29.5 Å². The Kier molecular flexibility index (Phi) is 7.16. The summed E-state index contributed by atoms with van der Waals surface area (Å²) in [6, 6.07) is 9.36. The number of rotatable bonds is 4. The van der Waals surface area contributed by atoms with Crippen LogP contribution in [0.5, 0.6) is 11.5 Å². The van der Waals surface area contributed by atoms with Gasteiger partial charge >= 0.3 is 6.09 Å². The average Bonchev–Trinajstić information content (AvgIpc) is 3.39. The predicted octanol–water partition coefficient (Wildman–Crippen LogP) is 4.88. The molecule has 216 valence electrons. The lowest BCUT2D eigenvalue weighted by Gasteiger charge is -2.37. The number of carbonyl (C=O) groups is 1. The van der Waals surface area contributed by atoms with Crippen LogP contribution in [0.3, 0.4) is 0 Å². The van der Waals surface area contributed by atoms with Crippen LogP contribution >= 0.6 is 0 Å². The lowest BCUT2D eigenvalue weighted by atomic mass is 10.1. The Morgan fingerprint density at radius 1 is 1.15 bits per heavy atom. The van der Waals surface area contributed by atoms with Crippen LogP contribution in [0.25, 0.3) is 21.8 Å². The van der Waals surface area contributed by atoms with Crippen molar-refractivity contribution >= 4 is 27.9 Å². The number of aromatic nitrogens is 4. The minimum absolute atomic E-state index is 0.0935. The number of amides is 1. The molecule has 11 heteroatoms. The molecule has 2 fully saturated rings. The van der Waals surface area contributed by atoms with Gasteiger partial charge in [0.25, 0.3) is 5.56 Å². The van der Waals surface area contributed by atoms with Gasteiger partial charge in [0.1, 0.15) is 29.4 Å². The van der Waals surface area contributed by atoms with E-state index >= 15 is 0 Å². The maximum atomic E-state index is 13.8. The van der Waals surface area contributed by atoms with Crippen molar-refractivity contribution in [2.75, 3.05) is 26.2 Å². The summed E-state index contributed by atoms with van der Waals surface area (Å²) in [7, 11) is 0. The summed E-state index contributed by atoms with van der Waals surface area (Å²) in [6.07, 6.45) is 5.25. The zero-order valence-corrected chi connectivity index (χ0v) is 23.9. The Hall–Kier alpha value is -3.96. The Bertz CT molecular complexity index is 1650. The van der Waals surface area contributed by atoms with Gasteiger partial charge in [-0.15, -0.1) is 0 Å². The summed E-state index contributed by atoms with van der Waals surface area (Å²) < 4.78 is 21.5. The largest absolute Gasteiger partial charge is 0.454 e. The van der Waals surface area contributed by atoms with E-state index < -0.39 is 17.9 Å². The van der Waals surface area contributed by atoms with Crippen molar-refractivity contribution in [3.63, 3.8) is 0 Å². The summed E-state index contributed by atoms with van der Waals surface area (Å²) in [5.41, 5.74) is 1.40. The summed E-state index contributed by atoms with van der Waals surface area (Å²) in [5.74, 6) is 1.13. The van der Waals surface area contributed by atoms with E-state index in [1.54, 1.807) is 23.1 Å². The van der Waals surface area contributed by atoms with Crippen LogP contribution in [-0.2, 0) is 9.47 Å². The number of para-hydroxylation sites is 1. The molecule has 2 aromatic heterocycles. The molecular weight excluding hydrogens is 524 g/mol. The zero-order valence-electron chi connectivity index (χ0n) is 23.9. The predicted molar refractivity (Wildman–Crippen MR) is 154 cm³/mol. The molecule has 0 saturated carbocycles. The highest BCUT2D eigenvalue weighted by atomic mass is 16.6. The average molecular weight is 561 g/mol. The monoisotopic (exact) mass is 560 g/mol. The molecular formula is C30H36N6O5. The van der Waals surface area contributed by atoms with E-state index in [-0.39, 0.29) is 11.8 Å². The second-order valence-corrected chi connectivity index (χ2v) is 11.6. The number of piperazine rings is 1. The standard InChI is InChI=1S/C30H36N6O5/c1-19-11-12-22-21(16-33-36(22)25-10-5-6-15-39-25)27(19)40-23-9-7-8-20-26(23)32-18-35(28(20)37)24-17-31-13-14-34(24)29(38)41-30(2,3)4/h7-9,11-12,16,18,24-25,31H,5-6,10,13-15,17H2,1-4H3. The quantitative estimate of drug-likeness (QED) is 0.376. The SMILES string of the molecule is Cc1ccc2c(cnn2C2CCCCO2)c1Oc1cccc2c(=O)n(C3CNCCN3C(=O)OC(C)(C)C)cnc12. The van der Waals surface area contributed by atoms with Crippen LogP contribution in [0, 0.1) is 6.92 Å². The molecule has 2 atom stereocenters. The van der Waals surface area contributed by atoms with E-state index in [0.717, 1.165) is 42.3 Å². The molecule has 1 amide bonds. The second-order valence-electron chi connectivity index (χ2n) is 11.6. The highest BCUT2D eigenvalue weighted by Gasteiger charge is 2.32. The number of nitrogens with one attached hydrogen (secondary N) is 1. The molecule has 0 radical (unpaired) electrons. The van der Waals surface area contributed by atoms with Crippen molar-refractivity contribution < 1.29 is 19.0 Å². The molecule has 2 saturated heterocycles. The Morgan fingerprint density at radius 2 is 2.00 bits per heavy atom. The molecule has 1 N–H and O–H groups in total. The number of hydrogen-bond acceptors (Lipinski definition) is 8. The normalized spacial score (nSPS) is 20.0. The number of aryl methyl sites for hydroxylation is 1. The summed E-state index contributed by atoms with van der Waals surface area (Å²) in [4.78, 5) is 33.0. The minimum atomic E-state index is -0.647. The van der Waals surface area contributed by atoms with Gasteiger partial charge in [0.15, 0.2) is 12.0 Å². The first-order chi connectivity index (χ1) is 19.7. The van der Waals surface area contributed by atoms with E-state index in [0.29, 0.717) is 42.0 Å². The molecule has 6 rings (SSSR count).